The standard InChI is InChI=1S/C54H36N2/c1-3-14-38(15-4-1)45-20-9-11-22-50(45)56(53-25-13-24-52-54(53)48-21-10-12-23-51(48)55(52)42-17-5-2-6-18-42)43-32-28-37(29-33-43)41-27-26-40-31-34-46-44-19-8-7-16-39(44)30-35-47(46)49(40)36-41/h1-36H. The fourth-order valence-corrected chi connectivity index (χ4v) is 8.78. The quantitative estimate of drug-likeness (QED) is 0.156. The molecule has 0 fully saturated rings. The molecule has 2 heteroatoms. The van der Waals surface area contributed by atoms with E-state index in [1.807, 2.05) is 0 Å². The molecule has 0 N–H and O–H groups in total. The van der Waals surface area contributed by atoms with Crippen molar-refractivity contribution in [2.24, 2.45) is 0 Å². The van der Waals surface area contributed by atoms with Crippen LogP contribution < -0.4 is 4.90 Å². The van der Waals surface area contributed by atoms with Crippen molar-refractivity contribution in [2.45, 2.75) is 0 Å². The zero-order valence-corrected chi connectivity index (χ0v) is 30.7. The number of hydrogen-bond donors (Lipinski definition) is 0. The Labute approximate surface area is 325 Å². The zero-order chi connectivity index (χ0) is 37.0. The first-order chi connectivity index (χ1) is 27.8. The molecule has 1 heterocycles. The lowest BCUT2D eigenvalue weighted by Gasteiger charge is -2.29. The van der Waals surface area contributed by atoms with Crippen LogP contribution in [0.1, 0.15) is 0 Å². The third-order valence-electron chi connectivity index (χ3n) is 11.4. The van der Waals surface area contributed by atoms with Crippen LogP contribution >= 0.6 is 0 Å². The molecular weight excluding hydrogens is 677 g/mol. The lowest BCUT2D eigenvalue weighted by atomic mass is 9.94. The van der Waals surface area contributed by atoms with E-state index in [2.05, 4.69) is 228 Å². The maximum Gasteiger partial charge on any atom is 0.0562 e. The highest BCUT2D eigenvalue weighted by atomic mass is 15.1. The Balaban J connectivity index is 1.11. The van der Waals surface area contributed by atoms with E-state index in [9.17, 15) is 0 Å². The molecule has 0 aliphatic carbocycles. The lowest BCUT2D eigenvalue weighted by Crippen LogP contribution is -2.11. The summed E-state index contributed by atoms with van der Waals surface area (Å²) >= 11 is 0. The van der Waals surface area contributed by atoms with Gasteiger partial charge in [-0.2, -0.15) is 0 Å². The summed E-state index contributed by atoms with van der Waals surface area (Å²) in [5, 5.41) is 10.1. The summed E-state index contributed by atoms with van der Waals surface area (Å²) in [6.45, 7) is 0. The van der Waals surface area contributed by atoms with Gasteiger partial charge in [0.15, 0.2) is 0 Å². The van der Waals surface area contributed by atoms with E-state index in [0.717, 1.165) is 22.7 Å². The van der Waals surface area contributed by atoms with Gasteiger partial charge in [0.2, 0.25) is 0 Å². The van der Waals surface area contributed by atoms with Crippen LogP contribution in [-0.4, -0.2) is 4.57 Å². The molecule has 0 radical (unpaired) electrons. The molecular formula is C54H36N2. The summed E-state index contributed by atoms with van der Waals surface area (Å²) in [6.07, 6.45) is 0. The number of fused-ring (bicyclic) bond motifs is 8. The van der Waals surface area contributed by atoms with Crippen molar-refractivity contribution in [1.82, 2.24) is 4.57 Å². The van der Waals surface area contributed by atoms with Gasteiger partial charge in [0.25, 0.3) is 0 Å². The van der Waals surface area contributed by atoms with Crippen molar-refractivity contribution in [1.29, 1.82) is 0 Å². The fraction of sp³-hybridized carbons (Fsp3) is 0. The fourth-order valence-electron chi connectivity index (χ4n) is 8.78. The van der Waals surface area contributed by atoms with E-state index in [1.165, 1.54) is 76.4 Å². The minimum Gasteiger partial charge on any atom is -0.309 e. The molecule has 11 rings (SSSR count). The molecule has 0 amide bonds. The van der Waals surface area contributed by atoms with Gasteiger partial charge in [-0.3, -0.25) is 0 Å². The second-order valence-electron chi connectivity index (χ2n) is 14.5. The number of benzene rings is 10. The normalized spacial score (nSPS) is 11.6. The number of aromatic nitrogens is 1. The van der Waals surface area contributed by atoms with Crippen LogP contribution in [0.25, 0.3) is 82.1 Å². The monoisotopic (exact) mass is 712 g/mol. The number of rotatable bonds is 6. The molecule has 0 saturated carbocycles. The molecule has 0 saturated heterocycles. The van der Waals surface area contributed by atoms with E-state index in [0.29, 0.717) is 0 Å². The minimum absolute atomic E-state index is 1.10. The van der Waals surface area contributed by atoms with Crippen molar-refractivity contribution >= 4 is 71.2 Å². The van der Waals surface area contributed by atoms with Gasteiger partial charge in [0, 0.05) is 27.7 Å². The summed E-state index contributed by atoms with van der Waals surface area (Å²) in [5.41, 5.74) is 11.6. The van der Waals surface area contributed by atoms with E-state index in [4.69, 9.17) is 0 Å². The molecule has 10 aromatic carbocycles. The topological polar surface area (TPSA) is 8.17 Å². The van der Waals surface area contributed by atoms with Crippen LogP contribution in [-0.2, 0) is 0 Å². The molecule has 262 valence electrons. The van der Waals surface area contributed by atoms with E-state index in [-0.39, 0.29) is 0 Å². The van der Waals surface area contributed by atoms with Crippen LogP contribution in [0.4, 0.5) is 17.1 Å². The van der Waals surface area contributed by atoms with Crippen molar-refractivity contribution < 1.29 is 0 Å². The van der Waals surface area contributed by atoms with E-state index in [1.54, 1.807) is 0 Å². The Morgan fingerprint density at radius 2 is 0.911 bits per heavy atom. The third kappa shape index (κ3) is 5.19. The van der Waals surface area contributed by atoms with Crippen molar-refractivity contribution in [2.75, 3.05) is 4.90 Å². The van der Waals surface area contributed by atoms with Gasteiger partial charge in [-0.15, -0.1) is 0 Å². The average Bonchev–Trinajstić information content (AvgIpc) is 3.62. The van der Waals surface area contributed by atoms with Gasteiger partial charge in [0.1, 0.15) is 0 Å². The van der Waals surface area contributed by atoms with Crippen molar-refractivity contribution in [3.05, 3.63) is 218 Å². The van der Waals surface area contributed by atoms with Crippen LogP contribution in [0.3, 0.4) is 0 Å². The largest absolute Gasteiger partial charge is 0.309 e. The van der Waals surface area contributed by atoms with Crippen LogP contribution in [0.15, 0.2) is 218 Å². The molecule has 2 nitrogen and oxygen atoms in total. The predicted octanol–water partition coefficient (Wildman–Crippen LogP) is 15.0. The molecule has 1 aromatic heterocycles. The average molecular weight is 713 g/mol. The first-order valence-electron chi connectivity index (χ1n) is 19.3. The van der Waals surface area contributed by atoms with Crippen LogP contribution in [0.2, 0.25) is 0 Å². The number of nitrogens with zero attached hydrogens (tertiary/aromatic N) is 2. The summed E-state index contributed by atoms with van der Waals surface area (Å²) in [6, 6.07) is 79.5. The maximum atomic E-state index is 2.45. The van der Waals surface area contributed by atoms with Gasteiger partial charge in [-0.25, -0.2) is 0 Å². The van der Waals surface area contributed by atoms with Gasteiger partial charge in [-0.1, -0.05) is 164 Å². The highest BCUT2D eigenvalue weighted by molar-refractivity contribution is 6.18. The third-order valence-corrected chi connectivity index (χ3v) is 11.4. The summed E-state index contributed by atoms with van der Waals surface area (Å²) in [7, 11) is 0. The number of anilines is 3. The zero-order valence-electron chi connectivity index (χ0n) is 30.7. The minimum atomic E-state index is 1.10. The van der Waals surface area contributed by atoms with Gasteiger partial charge in [0.05, 0.1) is 22.4 Å². The smallest absolute Gasteiger partial charge is 0.0562 e. The second-order valence-corrected chi connectivity index (χ2v) is 14.5. The van der Waals surface area contributed by atoms with Crippen molar-refractivity contribution in [3.8, 4) is 27.9 Å². The Morgan fingerprint density at radius 1 is 0.321 bits per heavy atom. The van der Waals surface area contributed by atoms with Crippen molar-refractivity contribution in [3.63, 3.8) is 0 Å². The Kier molecular flexibility index (Phi) is 7.53. The molecule has 0 spiro atoms. The SMILES string of the molecule is c1ccc(-c2ccccc2N(c2ccc(-c3ccc4ccc5c6ccccc6ccc5c4c3)cc2)c2cccc3c2c2ccccc2n3-c2ccccc2)cc1. The summed E-state index contributed by atoms with van der Waals surface area (Å²) in [5.74, 6) is 0. The molecule has 11 aromatic rings. The second kappa shape index (κ2) is 13.2. The Hall–Kier alpha value is -7.42. The molecule has 0 aliphatic heterocycles. The van der Waals surface area contributed by atoms with Gasteiger partial charge in [-0.05, 0) is 104 Å². The summed E-state index contributed by atoms with van der Waals surface area (Å²) in [4.78, 5) is 2.45. The first kappa shape index (κ1) is 32.0. The number of hydrogen-bond acceptors (Lipinski definition) is 1. The molecule has 0 aliphatic rings. The maximum absolute atomic E-state index is 2.45. The molecule has 56 heavy (non-hydrogen) atoms. The van der Waals surface area contributed by atoms with E-state index >= 15 is 0 Å². The Morgan fingerprint density at radius 3 is 1.73 bits per heavy atom. The molecule has 0 unspecified atom stereocenters. The number of para-hydroxylation sites is 3. The predicted molar refractivity (Wildman–Crippen MR) is 239 cm³/mol. The lowest BCUT2D eigenvalue weighted by molar-refractivity contribution is 1.18. The van der Waals surface area contributed by atoms with E-state index < -0.39 is 0 Å². The highest BCUT2D eigenvalue weighted by Crippen LogP contribution is 2.47. The Bertz CT molecular complexity index is 3230. The first-order valence-corrected chi connectivity index (χ1v) is 19.3. The molecule has 0 bridgehead atoms. The van der Waals surface area contributed by atoms with Crippen LogP contribution in [0, 0.1) is 0 Å². The van der Waals surface area contributed by atoms with Gasteiger partial charge < -0.3 is 9.47 Å². The van der Waals surface area contributed by atoms with Crippen LogP contribution in [0.5, 0.6) is 0 Å². The highest BCUT2D eigenvalue weighted by Gasteiger charge is 2.23. The van der Waals surface area contributed by atoms with Gasteiger partial charge >= 0.3 is 0 Å². The molecule has 0 atom stereocenters. The summed E-state index contributed by atoms with van der Waals surface area (Å²) < 4.78 is 2.39.